The van der Waals surface area contributed by atoms with Crippen molar-refractivity contribution in [2.75, 3.05) is 0 Å². The zero-order chi connectivity index (χ0) is 12.4. The fourth-order valence-electron chi connectivity index (χ4n) is 1.74. The minimum Gasteiger partial charge on any atom is -0.470 e. The van der Waals surface area contributed by atoms with Crippen molar-refractivity contribution in [3.8, 4) is 5.88 Å². The van der Waals surface area contributed by atoms with Crippen LogP contribution >= 0.6 is 0 Å². The molecule has 3 aromatic rings. The molecule has 0 saturated carbocycles. The first kappa shape index (κ1) is 10.7. The van der Waals surface area contributed by atoms with Gasteiger partial charge in [-0.05, 0) is 12.5 Å². The summed E-state index contributed by atoms with van der Waals surface area (Å²) >= 11 is 0. The Balaban J connectivity index is 1.88. The molecule has 0 saturated heterocycles. The van der Waals surface area contributed by atoms with Crippen molar-refractivity contribution in [1.82, 2.24) is 19.6 Å². The van der Waals surface area contributed by atoms with Gasteiger partial charge in [0.25, 0.3) is 5.88 Å². The first-order valence-electron chi connectivity index (χ1n) is 5.66. The molecule has 0 aliphatic carbocycles. The summed E-state index contributed by atoms with van der Waals surface area (Å²) < 4.78 is 7.38. The molecule has 0 fully saturated rings. The molecule has 0 radical (unpaired) electrons. The van der Waals surface area contributed by atoms with E-state index in [2.05, 4.69) is 15.1 Å². The first-order chi connectivity index (χ1) is 8.83. The molecule has 0 N–H and O–H groups in total. The summed E-state index contributed by atoms with van der Waals surface area (Å²) in [5, 5.41) is 4.08. The van der Waals surface area contributed by atoms with E-state index in [-0.39, 0.29) is 0 Å². The molecule has 90 valence electrons. The van der Waals surface area contributed by atoms with E-state index in [9.17, 15) is 0 Å². The van der Waals surface area contributed by atoms with Crippen LogP contribution in [0.5, 0.6) is 5.88 Å². The Morgan fingerprint density at radius 2 is 2.06 bits per heavy atom. The minimum atomic E-state index is 0.472. The predicted octanol–water partition coefficient (Wildman–Crippen LogP) is 2.01. The maximum absolute atomic E-state index is 5.71. The number of aryl methyl sites for hydroxylation is 1. The van der Waals surface area contributed by atoms with Gasteiger partial charge in [0.1, 0.15) is 12.9 Å². The van der Waals surface area contributed by atoms with Crippen molar-refractivity contribution in [1.29, 1.82) is 0 Å². The molecule has 1 aromatic carbocycles. The number of fused-ring (bicyclic) bond motifs is 1. The van der Waals surface area contributed by atoms with E-state index in [1.54, 1.807) is 4.52 Å². The van der Waals surface area contributed by atoms with Crippen molar-refractivity contribution in [3.63, 3.8) is 0 Å². The number of hydrogen-bond donors (Lipinski definition) is 0. The SMILES string of the molecule is Cc1cn2ncnc2c(OCc2ccccc2)n1. The molecule has 0 amide bonds. The standard InChI is InChI=1S/C13H12N4O/c1-10-7-17-12(14-9-15-17)13(16-10)18-8-11-5-3-2-4-6-11/h2-7,9H,8H2,1H3. The largest absolute Gasteiger partial charge is 0.470 e. The van der Waals surface area contributed by atoms with Gasteiger partial charge >= 0.3 is 0 Å². The van der Waals surface area contributed by atoms with Crippen molar-refractivity contribution in [2.24, 2.45) is 0 Å². The summed E-state index contributed by atoms with van der Waals surface area (Å²) in [5.74, 6) is 0.511. The number of benzene rings is 1. The van der Waals surface area contributed by atoms with E-state index in [0.29, 0.717) is 18.1 Å². The van der Waals surface area contributed by atoms with Gasteiger partial charge in [-0.15, -0.1) is 0 Å². The van der Waals surface area contributed by atoms with Crippen LogP contribution < -0.4 is 4.74 Å². The number of rotatable bonds is 3. The Bertz CT molecular complexity index is 663. The highest BCUT2D eigenvalue weighted by atomic mass is 16.5. The third kappa shape index (κ3) is 2.02. The van der Waals surface area contributed by atoms with Gasteiger partial charge in [-0.25, -0.2) is 14.5 Å². The van der Waals surface area contributed by atoms with E-state index in [4.69, 9.17) is 4.74 Å². The van der Waals surface area contributed by atoms with Crippen LogP contribution in [0, 0.1) is 6.92 Å². The second-order valence-corrected chi connectivity index (χ2v) is 3.99. The van der Waals surface area contributed by atoms with E-state index < -0.39 is 0 Å². The van der Waals surface area contributed by atoms with Gasteiger partial charge in [-0.3, -0.25) is 0 Å². The maximum atomic E-state index is 5.71. The molecule has 2 aromatic heterocycles. The van der Waals surface area contributed by atoms with Crippen LogP contribution in [0.2, 0.25) is 0 Å². The molecule has 5 heteroatoms. The Morgan fingerprint density at radius 3 is 2.89 bits per heavy atom. The summed E-state index contributed by atoms with van der Waals surface area (Å²) in [7, 11) is 0. The second kappa shape index (κ2) is 4.44. The van der Waals surface area contributed by atoms with E-state index in [1.807, 2.05) is 43.5 Å². The molecule has 0 aliphatic heterocycles. The third-order valence-corrected chi connectivity index (χ3v) is 2.57. The van der Waals surface area contributed by atoms with Gasteiger partial charge in [0.2, 0.25) is 5.65 Å². The summed E-state index contributed by atoms with van der Waals surface area (Å²) in [6.45, 7) is 2.37. The van der Waals surface area contributed by atoms with Gasteiger partial charge in [0.05, 0.1) is 11.9 Å². The van der Waals surface area contributed by atoms with Crippen molar-refractivity contribution >= 4 is 5.65 Å². The lowest BCUT2D eigenvalue weighted by Crippen LogP contribution is -2.02. The Hall–Kier alpha value is -2.43. The normalized spacial score (nSPS) is 10.7. The summed E-state index contributed by atoms with van der Waals surface area (Å²) in [6, 6.07) is 9.96. The minimum absolute atomic E-state index is 0.472. The smallest absolute Gasteiger partial charge is 0.260 e. The lowest BCUT2D eigenvalue weighted by Gasteiger charge is -2.06. The molecule has 3 rings (SSSR count). The highest BCUT2D eigenvalue weighted by Gasteiger charge is 2.07. The lowest BCUT2D eigenvalue weighted by atomic mass is 10.2. The second-order valence-electron chi connectivity index (χ2n) is 3.99. The predicted molar refractivity (Wildman–Crippen MR) is 66.3 cm³/mol. The first-order valence-corrected chi connectivity index (χ1v) is 5.66. The molecule has 0 atom stereocenters. The summed E-state index contributed by atoms with van der Waals surface area (Å²) in [5.41, 5.74) is 2.58. The molecule has 0 spiro atoms. The third-order valence-electron chi connectivity index (χ3n) is 2.57. The number of aromatic nitrogens is 4. The number of hydrogen-bond acceptors (Lipinski definition) is 4. The maximum Gasteiger partial charge on any atom is 0.260 e. The van der Waals surface area contributed by atoms with Crippen LogP contribution in [-0.2, 0) is 6.61 Å². The van der Waals surface area contributed by atoms with Crippen LogP contribution in [0.4, 0.5) is 0 Å². The summed E-state index contributed by atoms with van der Waals surface area (Å²) in [6.07, 6.45) is 3.31. The van der Waals surface area contributed by atoms with Crippen LogP contribution in [0.3, 0.4) is 0 Å². The molecular formula is C13H12N4O. The van der Waals surface area contributed by atoms with Crippen LogP contribution in [0.1, 0.15) is 11.3 Å². The quantitative estimate of drug-likeness (QED) is 0.702. The van der Waals surface area contributed by atoms with Crippen LogP contribution in [0.25, 0.3) is 5.65 Å². The lowest BCUT2D eigenvalue weighted by molar-refractivity contribution is 0.295. The number of nitrogens with zero attached hydrogens (tertiary/aromatic N) is 4. The van der Waals surface area contributed by atoms with Crippen LogP contribution in [-0.4, -0.2) is 19.6 Å². The molecule has 5 nitrogen and oxygen atoms in total. The summed E-state index contributed by atoms with van der Waals surface area (Å²) in [4.78, 5) is 8.48. The molecule has 0 aliphatic rings. The average Bonchev–Trinajstić information content (AvgIpc) is 2.85. The Labute approximate surface area is 104 Å². The van der Waals surface area contributed by atoms with Gasteiger partial charge < -0.3 is 4.74 Å². The molecule has 0 bridgehead atoms. The van der Waals surface area contributed by atoms with Gasteiger partial charge in [-0.1, -0.05) is 30.3 Å². The van der Waals surface area contributed by atoms with E-state index in [0.717, 1.165) is 11.3 Å². The van der Waals surface area contributed by atoms with Gasteiger partial charge in [0.15, 0.2) is 0 Å². The zero-order valence-electron chi connectivity index (χ0n) is 9.95. The molecule has 18 heavy (non-hydrogen) atoms. The topological polar surface area (TPSA) is 52.3 Å². The van der Waals surface area contributed by atoms with Crippen molar-refractivity contribution < 1.29 is 4.74 Å². The monoisotopic (exact) mass is 240 g/mol. The fraction of sp³-hybridized carbons (Fsp3) is 0.154. The zero-order valence-corrected chi connectivity index (χ0v) is 9.95. The van der Waals surface area contributed by atoms with Gasteiger partial charge in [0, 0.05) is 0 Å². The molecular weight excluding hydrogens is 228 g/mol. The fourth-order valence-corrected chi connectivity index (χ4v) is 1.74. The molecule has 0 unspecified atom stereocenters. The highest BCUT2D eigenvalue weighted by molar-refractivity contribution is 5.47. The van der Waals surface area contributed by atoms with Gasteiger partial charge in [-0.2, -0.15) is 5.10 Å². The van der Waals surface area contributed by atoms with E-state index >= 15 is 0 Å². The van der Waals surface area contributed by atoms with Crippen LogP contribution in [0.15, 0.2) is 42.9 Å². The highest BCUT2D eigenvalue weighted by Crippen LogP contribution is 2.16. The molecule has 2 heterocycles. The Morgan fingerprint density at radius 1 is 1.22 bits per heavy atom. The van der Waals surface area contributed by atoms with Crippen molar-refractivity contribution in [2.45, 2.75) is 13.5 Å². The average molecular weight is 240 g/mol. The van der Waals surface area contributed by atoms with Crippen molar-refractivity contribution in [3.05, 3.63) is 54.1 Å². The number of ether oxygens (including phenoxy) is 1. The Kier molecular flexibility index (Phi) is 2.64. The van der Waals surface area contributed by atoms with E-state index in [1.165, 1.54) is 6.33 Å².